The van der Waals surface area contributed by atoms with Crippen LogP contribution in [-0.2, 0) is 6.54 Å². The number of hydrogen-bond acceptors (Lipinski definition) is 6. The number of ether oxygens (including phenoxy) is 1. The van der Waals surface area contributed by atoms with Gasteiger partial charge < -0.3 is 20.9 Å². The number of nitrogens with zero attached hydrogens (tertiary/aromatic N) is 4. The molecular formula is C24H25ClN6O3. The van der Waals surface area contributed by atoms with E-state index in [2.05, 4.69) is 15.5 Å². The van der Waals surface area contributed by atoms with Gasteiger partial charge in [0.05, 0.1) is 42.4 Å². The Bertz CT molecular complexity index is 1370. The number of pyridine rings is 1. The Hall–Kier alpha value is -3.56. The minimum absolute atomic E-state index is 0.123. The quantitative estimate of drug-likeness (QED) is 0.383. The lowest BCUT2D eigenvalue weighted by Crippen LogP contribution is -2.31. The lowest BCUT2D eigenvalue weighted by atomic mass is 10.0. The molecule has 1 aromatic carbocycles. The number of aliphatic hydroxyl groups is 1. The van der Waals surface area contributed by atoms with Crippen LogP contribution in [0.15, 0.2) is 48.8 Å². The van der Waals surface area contributed by atoms with Gasteiger partial charge in [-0.25, -0.2) is 4.52 Å². The molecule has 0 bridgehead atoms. The zero-order valence-corrected chi connectivity index (χ0v) is 19.4. The minimum Gasteiger partial charge on any atom is -0.496 e. The van der Waals surface area contributed by atoms with E-state index in [1.54, 1.807) is 53.0 Å². The maximum atomic E-state index is 13.3. The summed E-state index contributed by atoms with van der Waals surface area (Å²) in [5.41, 5.74) is 7.75. The van der Waals surface area contributed by atoms with Gasteiger partial charge in [0.15, 0.2) is 5.82 Å². The maximum Gasteiger partial charge on any atom is 0.261 e. The summed E-state index contributed by atoms with van der Waals surface area (Å²) in [4.78, 5) is 13.3. The molecule has 0 spiro atoms. The van der Waals surface area contributed by atoms with Crippen molar-refractivity contribution in [3.05, 3.63) is 59.4 Å². The highest BCUT2D eigenvalue weighted by molar-refractivity contribution is 6.31. The molecule has 4 aromatic rings. The first-order valence-electron chi connectivity index (χ1n) is 11.0. The number of anilines is 2. The fourth-order valence-corrected chi connectivity index (χ4v) is 4.82. The van der Waals surface area contributed by atoms with Gasteiger partial charge in [0.1, 0.15) is 11.3 Å². The molecule has 0 aliphatic heterocycles. The van der Waals surface area contributed by atoms with E-state index in [-0.39, 0.29) is 17.9 Å². The number of fused-ring (bicyclic) bond motifs is 1. The summed E-state index contributed by atoms with van der Waals surface area (Å²) < 4.78 is 8.84. The van der Waals surface area contributed by atoms with E-state index >= 15 is 0 Å². The number of benzene rings is 1. The second-order valence-electron chi connectivity index (χ2n) is 8.59. The van der Waals surface area contributed by atoms with E-state index < -0.39 is 11.5 Å². The van der Waals surface area contributed by atoms with Crippen molar-refractivity contribution in [2.45, 2.75) is 37.8 Å². The fraction of sp³-hybridized carbons (Fsp3) is 0.292. The molecular weight excluding hydrogens is 456 g/mol. The van der Waals surface area contributed by atoms with Gasteiger partial charge in [-0.3, -0.25) is 9.48 Å². The Morgan fingerprint density at radius 2 is 2.09 bits per heavy atom. The Morgan fingerprint density at radius 1 is 1.29 bits per heavy atom. The normalized spacial score (nSPS) is 15.0. The number of nitrogens with one attached hydrogen (secondary N) is 1. The Morgan fingerprint density at radius 3 is 2.85 bits per heavy atom. The average Bonchev–Trinajstić information content (AvgIpc) is 3.50. The van der Waals surface area contributed by atoms with Gasteiger partial charge in [-0.05, 0) is 43.2 Å². The van der Waals surface area contributed by atoms with Crippen LogP contribution in [0.3, 0.4) is 0 Å². The summed E-state index contributed by atoms with van der Waals surface area (Å²) in [5, 5.41) is 23.2. The van der Waals surface area contributed by atoms with Crippen molar-refractivity contribution in [3.63, 3.8) is 0 Å². The van der Waals surface area contributed by atoms with Crippen LogP contribution in [0, 0.1) is 0 Å². The molecule has 3 heterocycles. The van der Waals surface area contributed by atoms with Crippen LogP contribution in [0.25, 0.3) is 16.8 Å². The minimum atomic E-state index is -0.860. The molecule has 3 aromatic heterocycles. The predicted octanol–water partition coefficient (Wildman–Crippen LogP) is 4.00. The first-order valence-corrected chi connectivity index (χ1v) is 11.4. The van der Waals surface area contributed by atoms with Gasteiger partial charge in [-0.1, -0.05) is 30.5 Å². The van der Waals surface area contributed by atoms with Crippen LogP contribution < -0.4 is 15.8 Å². The highest BCUT2D eigenvalue weighted by atomic mass is 35.5. The summed E-state index contributed by atoms with van der Waals surface area (Å²) in [6.45, 7) is 0.284. The maximum absolute atomic E-state index is 13.3. The van der Waals surface area contributed by atoms with E-state index in [1.807, 2.05) is 12.1 Å². The number of carbonyl (C=O) groups is 1. The summed E-state index contributed by atoms with van der Waals surface area (Å²) in [5.74, 6) is 0.272. The fourth-order valence-electron chi connectivity index (χ4n) is 4.65. The van der Waals surface area contributed by atoms with Crippen molar-refractivity contribution in [2.24, 2.45) is 0 Å². The van der Waals surface area contributed by atoms with E-state index in [4.69, 9.17) is 22.1 Å². The van der Waals surface area contributed by atoms with Gasteiger partial charge in [0.2, 0.25) is 0 Å². The first-order chi connectivity index (χ1) is 16.4. The topological polar surface area (TPSA) is 120 Å². The molecule has 4 N–H and O–H groups in total. The molecule has 9 nitrogen and oxygen atoms in total. The highest BCUT2D eigenvalue weighted by Crippen LogP contribution is 2.39. The number of carbonyl (C=O) groups excluding carboxylic acids is 1. The van der Waals surface area contributed by atoms with Crippen LogP contribution in [0.2, 0.25) is 5.02 Å². The van der Waals surface area contributed by atoms with Crippen LogP contribution in [0.1, 0.15) is 36.0 Å². The van der Waals surface area contributed by atoms with Gasteiger partial charge in [0.25, 0.3) is 5.91 Å². The lowest BCUT2D eigenvalue weighted by molar-refractivity contribution is 0.0270. The van der Waals surface area contributed by atoms with Crippen molar-refractivity contribution < 1.29 is 14.6 Å². The zero-order valence-electron chi connectivity index (χ0n) is 18.7. The number of halogens is 1. The molecule has 1 saturated carbocycles. The van der Waals surface area contributed by atoms with Crippen molar-refractivity contribution in [1.82, 2.24) is 19.4 Å². The third kappa shape index (κ3) is 3.97. The van der Waals surface area contributed by atoms with E-state index in [9.17, 15) is 9.90 Å². The Labute approximate surface area is 201 Å². The molecule has 176 valence electrons. The largest absolute Gasteiger partial charge is 0.496 e. The Balaban J connectivity index is 1.59. The molecule has 34 heavy (non-hydrogen) atoms. The van der Waals surface area contributed by atoms with Crippen LogP contribution in [-0.4, -0.2) is 43.1 Å². The molecule has 1 aliphatic rings. The van der Waals surface area contributed by atoms with Gasteiger partial charge in [-0.15, -0.1) is 5.10 Å². The standard InChI is InChI=1S/C24H25ClN6O3/c1-34-19-8-7-15(25)12-16(19)21-17(13-27-31(21)14-24(33)9-3-4-10-24)28-23(32)20-18-6-2-5-11-30(18)29-22(20)26/h2,5-8,11-13,33H,3-4,9-10,14H2,1H3,(H2,26,29)(H,28,32). The number of amides is 1. The first kappa shape index (κ1) is 22.2. The second-order valence-corrected chi connectivity index (χ2v) is 9.02. The number of aromatic nitrogens is 4. The predicted molar refractivity (Wildman–Crippen MR) is 130 cm³/mol. The van der Waals surface area contributed by atoms with E-state index in [1.165, 1.54) is 0 Å². The van der Waals surface area contributed by atoms with Crippen molar-refractivity contribution in [2.75, 3.05) is 18.2 Å². The molecule has 1 fully saturated rings. The summed E-state index contributed by atoms with van der Waals surface area (Å²) in [6, 6.07) is 10.6. The third-order valence-corrected chi connectivity index (χ3v) is 6.51. The molecule has 0 atom stereocenters. The second kappa shape index (κ2) is 8.66. The SMILES string of the molecule is COc1ccc(Cl)cc1-c1c(NC(=O)c2c(N)nn3ccccc23)cnn1CC1(O)CCCC1. The molecule has 1 amide bonds. The van der Waals surface area contributed by atoms with Crippen LogP contribution in [0.4, 0.5) is 11.5 Å². The summed E-state index contributed by atoms with van der Waals surface area (Å²) in [7, 11) is 1.57. The van der Waals surface area contributed by atoms with Gasteiger partial charge >= 0.3 is 0 Å². The highest BCUT2D eigenvalue weighted by Gasteiger charge is 2.33. The number of hydrogen-bond donors (Lipinski definition) is 3. The van der Waals surface area contributed by atoms with Gasteiger partial charge in [0, 0.05) is 16.8 Å². The number of rotatable bonds is 6. The smallest absolute Gasteiger partial charge is 0.261 e. The van der Waals surface area contributed by atoms with Crippen molar-refractivity contribution in [3.8, 4) is 17.0 Å². The lowest BCUT2D eigenvalue weighted by Gasteiger charge is -2.24. The molecule has 5 rings (SSSR count). The molecule has 0 saturated heterocycles. The van der Waals surface area contributed by atoms with E-state index in [0.717, 1.165) is 12.8 Å². The zero-order chi connectivity index (χ0) is 23.9. The third-order valence-electron chi connectivity index (χ3n) is 6.28. The molecule has 10 heteroatoms. The Kier molecular flexibility index (Phi) is 5.66. The number of methoxy groups -OCH3 is 1. The monoisotopic (exact) mass is 480 g/mol. The van der Waals surface area contributed by atoms with Crippen molar-refractivity contribution in [1.29, 1.82) is 0 Å². The number of nitrogen functional groups attached to an aromatic ring is 1. The van der Waals surface area contributed by atoms with Crippen molar-refractivity contribution >= 4 is 34.5 Å². The average molecular weight is 481 g/mol. The number of nitrogens with two attached hydrogens (primary N) is 1. The van der Waals surface area contributed by atoms with E-state index in [0.29, 0.717) is 46.1 Å². The van der Waals surface area contributed by atoms with Crippen LogP contribution >= 0.6 is 11.6 Å². The van der Waals surface area contributed by atoms with Gasteiger partial charge in [-0.2, -0.15) is 5.10 Å². The molecule has 0 unspecified atom stereocenters. The summed E-state index contributed by atoms with van der Waals surface area (Å²) >= 11 is 6.32. The van der Waals surface area contributed by atoms with Crippen LogP contribution in [0.5, 0.6) is 5.75 Å². The molecule has 1 aliphatic carbocycles. The summed E-state index contributed by atoms with van der Waals surface area (Å²) in [6.07, 6.45) is 6.61. The molecule has 0 radical (unpaired) electrons.